The molecule has 1 aliphatic carbocycles. The van der Waals surface area contributed by atoms with E-state index in [0.717, 1.165) is 36.6 Å². The topological polar surface area (TPSA) is 66.5 Å². The van der Waals surface area contributed by atoms with Crippen molar-refractivity contribution in [3.05, 3.63) is 98.5 Å². The lowest BCUT2D eigenvalue weighted by atomic mass is 9.88. The quantitative estimate of drug-likeness (QED) is 0.342. The first-order valence-corrected chi connectivity index (χ1v) is 14.7. The van der Waals surface area contributed by atoms with E-state index < -0.39 is 10.0 Å². The van der Waals surface area contributed by atoms with Gasteiger partial charge in [0.25, 0.3) is 5.91 Å². The van der Waals surface area contributed by atoms with Gasteiger partial charge in [-0.05, 0) is 84.7 Å². The predicted molar refractivity (Wildman–Crippen MR) is 148 cm³/mol. The van der Waals surface area contributed by atoms with Crippen LogP contribution in [0, 0.1) is 0 Å². The SMILES string of the molecule is CCC(NC(=O)c1ccc(CN(c2cc(Cl)cc(Cl)c2)S(C)(=O)=O)cc1)c1ccc2c(c1)CCCC2. The van der Waals surface area contributed by atoms with E-state index in [2.05, 4.69) is 30.4 Å². The molecule has 0 spiro atoms. The zero-order valence-corrected chi connectivity index (χ0v) is 22.8. The van der Waals surface area contributed by atoms with Gasteiger partial charge in [0, 0.05) is 15.6 Å². The van der Waals surface area contributed by atoms with E-state index in [9.17, 15) is 13.2 Å². The lowest BCUT2D eigenvalue weighted by molar-refractivity contribution is 0.0935. The van der Waals surface area contributed by atoms with E-state index in [1.807, 2.05) is 0 Å². The molecule has 8 heteroatoms. The summed E-state index contributed by atoms with van der Waals surface area (Å²) in [5.74, 6) is -0.160. The average Bonchev–Trinajstić information content (AvgIpc) is 2.84. The van der Waals surface area contributed by atoms with Crippen LogP contribution in [0.15, 0.2) is 60.7 Å². The first-order chi connectivity index (χ1) is 17.1. The van der Waals surface area contributed by atoms with Gasteiger partial charge in [0.05, 0.1) is 24.5 Å². The highest BCUT2D eigenvalue weighted by atomic mass is 35.5. The maximum Gasteiger partial charge on any atom is 0.251 e. The van der Waals surface area contributed by atoms with Crippen LogP contribution in [0.2, 0.25) is 10.0 Å². The number of carbonyl (C=O) groups excluding carboxylic acids is 1. The number of anilines is 1. The zero-order chi connectivity index (χ0) is 25.9. The number of nitrogens with zero attached hydrogens (tertiary/aromatic N) is 1. The smallest absolute Gasteiger partial charge is 0.251 e. The van der Waals surface area contributed by atoms with Gasteiger partial charge in [0.15, 0.2) is 0 Å². The third kappa shape index (κ3) is 6.41. The van der Waals surface area contributed by atoms with Crippen molar-refractivity contribution < 1.29 is 13.2 Å². The molecule has 1 aliphatic rings. The van der Waals surface area contributed by atoms with Crippen molar-refractivity contribution in [3.63, 3.8) is 0 Å². The Morgan fingerprint density at radius 3 is 2.19 bits per heavy atom. The summed E-state index contributed by atoms with van der Waals surface area (Å²) >= 11 is 12.2. The molecule has 0 saturated heterocycles. The molecule has 0 bridgehead atoms. The van der Waals surface area contributed by atoms with E-state index in [-0.39, 0.29) is 18.5 Å². The Bertz CT molecular complexity index is 1340. The number of hydrogen-bond donors (Lipinski definition) is 1. The molecule has 1 amide bonds. The van der Waals surface area contributed by atoms with Crippen LogP contribution in [0.1, 0.15) is 64.8 Å². The van der Waals surface area contributed by atoms with E-state index >= 15 is 0 Å². The molecule has 0 heterocycles. The second kappa shape index (κ2) is 11.2. The lowest BCUT2D eigenvalue weighted by Gasteiger charge is -2.23. The Morgan fingerprint density at radius 1 is 0.944 bits per heavy atom. The van der Waals surface area contributed by atoms with Crippen molar-refractivity contribution in [2.75, 3.05) is 10.6 Å². The third-order valence-electron chi connectivity index (χ3n) is 6.57. The molecule has 3 aromatic rings. The standard InChI is InChI=1S/C28H30Cl2N2O3S/c1-3-27(23-13-12-20-6-4-5-7-22(20)14-23)31-28(33)21-10-8-19(9-11-21)18-32(36(2,34)35)26-16-24(29)15-25(30)17-26/h8-17,27H,3-7,18H2,1-2H3,(H,31,33). The molecule has 1 atom stereocenters. The van der Waals surface area contributed by atoms with Crippen molar-refractivity contribution in [1.82, 2.24) is 5.32 Å². The molecule has 36 heavy (non-hydrogen) atoms. The maximum atomic E-state index is 13.0. The van der Waals surface area contributed by atoms with Gasteiger partial charge >= 0.3 is 0 Å². The molecule has 5 nitrogen and oxygen atoms in total. The van der Waals surface area contributed by atoms with Gasteiger partial charge in [0.1, 0.15) is 0 Å². The first kappa shape index (κ1) is 26.5. The molecule has 0 saturated carbocycles. The molecular weight excluding hydrogens is 515 g/mol. The number of rotatable bonds is 8. The number of amides is 1. The maximum absolute atomic E-state index is 13.0. The fourth-order valence-corrected chi connectivity index (χ4v) is 6.03. The molecule has 3 aromatic carbocycles. The molecule has 1 unspecified atom stereocenters. The van der Waals surface area contributed by atoms with Gasteiger partial charge in [-0.3, -0.25) is 9.10 Å². The number of aryl methyl sites for hydroxylation is 2. The molecule has 0 aromatic heterocycles. The monoisotopic (exact) mass is 544 g/mol. The largest absolute Gasteiger partial charge is 0.345 e. The summed E-state index contributed by atoms with van der Waals surface area (Å²) in [7, 11) is -3.60. The van der Waals surface area contributed by atoms with Gasteiger partial charge < -0.3 is 5.32 Å². The minimum atomic E-state index is -3.60. The van der Waals surface area contributed by atoms with Crippen molar-refractivity contribution in [1.29, 1.82) is 0 Å². The second-order valence-corrected chi connectivity index (χ2v) is 12.0. The lowest BCUT2D eigenvalue weighted by Crippen LogP contribution is -2.30. The highest BCUT2D eigenvalue weighted by molar-refractivity contribution is 7.92. The summed E-state index contributed by atoms with van der Waals surface area (Å²) in [6, 6.07) is 18.1. The second-order valence-electron chi connectivity index (χ2n) is 9.26. The van der Waals surface area contributed by atoms with Gasteiger partial charge in [0.2, 0.25) is 10.0 Å². The first-order valence-electron chi connectivity index (χ1n) is 12.1. The number of benzene rings is 3. The van der Waals surface area contributed by atoms with Crippen LogP contribution in [0.25, 0.3) is 0 Å². The van der Waals surface area contributed by atoms with E-state index in [0.29, 0.717) is 21.3 Å². The summed E-state index contributed by atoms with van der Waals surface area (Å²) in [6.07, 6.45) is 6.61. The summed E-state index contributed by atoms with van der Waals surface area (Å²) in [4.78, 5) is 13.0. The van der Waals surface area contributed by atoms with Crippen LogP contribution >= 0.6 is 23.2 Å². The minimum Gasteiger partial charge on any atom is -0.345 e. The fourth-order valence-electron chi connectivity index (χ4n) is 4.64. The molecule has 0 fully saturated rings. The Hall–Kier alpha value is -2.54. The molecule has 1 N–H and O–H groups in total. The normalized spacial score (nSPS) is 14.1. The Morgan fingerprint density at radius 2 is 1.58 bits per heavy atom. The van der Waals surface area contributed by atoms with Crippen LogP contribution in [0.5, 0.6) is 0 Å². The summed E-state index contributed by atoms with van der Waals surface area (Å²) < 4.78 is 26.2. The molecular formula is C28H30Cl2N2O3S. The number of nitrogens with one attached hydrogen (secondary N) is 1. The number of fused-ring (bicyclic) bond motifs is 1. The average molecular weight is 546 g/mol. The molecule has 4 rings (SSSR count). The van der Waals surface area contributed by atoms with E-state index in [4.69, 9.17) is 23.2 Å². The van der Waals surface area contributed by atoms with Crippen LogP contribution in [-0.4, -0.2) is 20.6 Å². The third-order valence-corrected chi connectivity index (χ3v) is 8.14. The van der Waals surface area contributed by atoms with Gasteiger partial charge in [-0.1, -0.05) is 60.5 Å². The summed E-state index contributed by atoms with van der Waals surface area (Å²) in [6.45, 7) is 2.15. The molecule has 0 aliphatic heterocycles. The van der Waals surface area contributed by atoms with Crippen molar-refractivity contribution in [2.45, 2.75) is 51.6 Å². The number of halogens is 2. The van der Waals surface area contributed by atoms with Crippen LogP contribution < -0.4 is 9.62 Å². The number of carbonyl (C=O) groups is 1. The van der Waals surface area contributed by atoms with Crippen molar-refractivity contribution in [2.24, 2.45) is 0 Å². The van der Waals surface area contributed by atoms with Crippen LogP contribution in [-0.2, 0) is 29.4 Å². The fraction of sp³-hybridized carbons (Fsp3) is 0.321. The van der Waals surface area contributed by atoms with E-state index in [1.54, 1.807) is 42.5 Å². The zero-order valence-electron chi connectivity index (χ0n) is 20.4. The Kier molecular flexibility index (Phi) is 8.28. The Labute approximate surface area is 223 Å². The van der Waals surface area contributed by atoms with Crippen LogP contribution in [0.3, 0.4) is 0 Å². The highest BCUT2D eigenvalue weighted by Crippen LogP contribution is 2.29. The number of sulfonamides is 1. The summed E-state index contributed by atoms with van der Waals surface area (Å²) in [5.41, 5.74) is 5.58. The van der Waals surface area contributed by atoms with Gasteiger partial charge in [-0.15, -0.1) is 0 Å². The predicted octanol–water partition coefficient (Wildman–Crippen LogP) is 6.72. The highest BCUT2D eigenvalue weighted by Gasteiger charge is 2.20. The molecule has 0 radical (unpaired) electrons. The van der Waals surface area contributed by atoms with Crippen molar-refractivity contribution >= 4 is 44.8 Å². The van der Waals surface area contributed by atoms with Gasteiger partial charge in [-0.2, -0.15) is 0 Å². The van der Waals surface area contributed by atoms with Crippen LogP contribution in [0.4, 0.5) is 5.69 Å². The Balaban J connectivity index is 1.48. The molecule has 190 valence electrons. The van der Waals surface area contributed by atoms with E-state index in [1.165, 1.54) is 28.3 Å². The van der Waals surface area contributed by atoms with Gasteiger partial charge in [-0.25, -0.2) is 8.42 Å². The summed E-state index contributed by atoms with van der Waals surface area (Å²) in [5, 5.41) is 3.85. The number of hydrogen-bond acceptors (Lipinski definition) is 3. The minimum absolute atomic E-state index is 0.0716. The van der Waals surface area contributed by atoms with Crippen molar-refractivity contribution in [3.8, 4) is 0 Å².